The van der Waals surface area contributed by atoms with Crippen molar-refractivity contribution in [2.45, 2.75) is 0 Å². The van der Waals surface area contributed by atoms with E-state index < -0.39 is 11.5 Å². The van der Waals surface area contributed by atoms with Gasteiger partial charge in [0, 0.05) is 16.5 Å². The molecule has 0 fully saturated rings. The van der Waals surface area contributed by atoms with Crippen LogP contribution in [-0.2, 0) is 0 Å². The van der Waals surface area contributed by atoms with Crippen LogP contribution in [0.15, 0.2) is 51.7 Å². The summed E-state index contributed by atoms with van der Waals surface area (Å²) in [6.45, 7) is 0. The van der Waals surface area contributed by atoms with Crippen molar-refractivity contribution in [1.82, 2.24) is 5.43 Å². The first-order valence-corrected chi connectivity index (χ1v) is 7.30. The molecule has 3 N–H and O–H groups in total. The van der Waals surface area contributed by atoms with Crippen molar-refractivity contribution in [2.24, 2.45) is 5.84 Å². The average molecular weight is 349 g/mol. The molecule has 5 nitrogen and oxygen atoms in total. The molecule has 23 heavy (non-hydrogen) atoms. The summed E-state index contributed by atoms with van der Waals surface area (Å²) in [7, 11) is 0. The minimum atomic E-state index is -0.577. The number of carbonyl (C=O) groups is 1. The molecule has 0 atom stereocenters. The van der Waals surface area contributed by atoms with Crippen molar-refractivity contribution in [3.8, 4) is 11.1 Å². The van der Waals surface area contributed by atoms with E-state index in [1.807, 2.05) is 11.5 Å². The molecule has 0 unspecified atom stereocenters. The zero-order chi connectivity index (χ0) is 16.6. The van der Waals surface area contributed by atoms with E-state index in [0.717, 1.165) is 5.39 Å². The molecule has 0 radical (unpaired) electrons. The second kappa shape index (κ2) is 6.04. The van der Waals surface area contributed by atoms with Crippen LogP contribution in [0.5, 0.6) is 0 Å². The summed E-state index contributed by atoms with van der Waals surface area (Å²) in [5, 5.41) is 1.01. The normalized spacial score (nSPS) is 10.7. The maximum Gasteiger partial charge on any atom is 0.344 e. The topological polar surface area (TPSA) is 85.3 Å². The van der Waals surface area contributed by atoms with Gasteiger partial charge in [-0.05, 0) is 24.3 Å². The summed E-state index contributed by atoms with van der Waals surface area (Å²) in [6.07, 6.45) is 0. The number of nitrogen functional groups attached to an aromatic ring is 1. The van der Waals surface area contributed by atoms with Crippen molar-refractivity contribution >= 4 is 40.1 Å². The fourth-order valence-electron chi connectivity index (χ4n) is 2.25. The highest BCUT2D eigenvalue weighted by Gasteiger charge is 2.17. The third-order valence-corrected chi connectivity index (χ3v) is 4.16. The first-order chi connectivity index (χ1) is 11.0. The molecule has 1 heterocycles. The Kier molecular flexibility index (Phi) is 4.09. The number of hydrazine groups is 1. The van der Waals surface area contributed by atoms with Gasteiger partial charge in [-0.25, -0.2) is 10.6 Å². The molecule has 3 aromatic rings. The molecule has 3 rings (SSSR count). The van der Waals surface area contributed by atoms with Crippen LogP contribution < -0.4 is 16.9 Å². The van der Waals surface area contributed by atoms with Crippen LogP contribution in [0, 0.1) is 0 Å². The molecular weight excluding hydrogens is 339 g/mol. The average Bonchev–Trinajstić information content (AvgIpc) is 2.56. The predicted molar refractivity (Wildman–Crippen MR) is 89.6 cm³/mol. The van der Waals surface area contributed by atoms with Crippen LogP contribution in [0.2, 0.25) is 10.0 Å². The van der Waals surface area contributed by atoms with Crippen LogP contribution in [0.1, 0.15) is 10.4 Å². The van der Waals surface area contributed by atoms with E-state index in [4.69, 9.17) is 33.5 Å². The van der Waals surface area contributed by atoms with Crippen molar-refractivity contribution in [1.29, 1.82) is 0 Å². The summed E-state index contributed by atoms with van der Waals surface area (Å²) in [5.74, 6) is 4.58. The van der Waals surface area contributed by atoms with Gasteiger partial charge < -0.3 is 4.42 Å². The molecule has 0 saturated carbocycles. The van der Waals surface area contributed by atoms with E-state index in [9.17, 15) is 9.59 Å². The lowest BCUT2D eigenvalue weighted by Crippen LogP contribution is -2.30. The Labute approximate surface area is 140 Å². The monoisotopic (exact) mass is 348 g/mol. The lowest BCUT2D eigenvalue weighted by atomic mass is 10.0. The van der Waals surface area contributed by atoms with Crippen LogP contribution in [0.4, 0.5) is 0 Å². The third-order valence-electron chi connectivity index (χ3n) is 3.35. The van der Waals surface area contributed by atoms with E-state index >= 15 is 0 Å². The lowest BCUT2D eigenvalue weighted by molar-refractivity contribution is 0.0953. The number of rotatable bonds is 2. The van der Waals surface area contributed by atoms with Crippen LogP contribution >= 0.6 is 23.2 Å². The highest BCUT2D eigenvalue weighted by atomic mass is 35.5. The standard InChI is InChI=1S/C16H10Cl2N2O3/c17-12-7-9(15(21)20-19)6-10(14(12)18)11-5-8-3-1-2-4-13(8)23-16(11)22/h1-7H,19H2,(H,20,21). The highest BCUT2D eigenvalue weighted by Crippen LogP contribution is 2.34. The molecule has 0 saturated heterocycles. The Balaban J connectivity index is 2.29. The largest absolute Gasteiger partial charge is 0.422 e. The van der Waals surface area contributed by atoms with Gasteiger partial charge in [0.1, 0.15) is 5.58 Å². The molecule has 0 spiro atoms. The van der Waals surface area contributed by atoms with Gasteiger partial charge in [-0.1, -0.05) is 41.4 Å². The predicted octanol–water partition coefficient (Wildman–Crippen LogP) is 3.37. The van der Waals surface area contributed by atoms with Gasteiger partial charge in [0.25, 0.3) is 5.91 Å². The molecule has 0 bridgehead atoms. The maximum absolute atomic E-state index is 12.3. The van der Waals surface area contributed by atoms with E-state index in [-0.39, 0.29) is 21.2 Å². The van der Waals surface area contributed by atoms with Crippen molar-refractivity contribution in [3.05, 3.63) is 68.5 Å². The minimum absolute atomic E-state index is 0.135. The Bertz CT molecular complexity index is 983. The van der Waals surface area contributed by atoms with Crippen molar-refractivity contribution in [3.63, 3.8) is 0 Å². The van der Waals surface area contributed by atoms with Gasteiger partial charge in [-0.15, -0.1) is 0 Å². The number of halogens is 2. The van der Waals surface area contributed by atoms with Gasteiger partial charge in [-0.2, -0.15) is 0 Å². The number of para-hydroxylation sites is 1. The molecule has 0 aliphatic rings. The van der Waals surface area contributed by atoms with Gasteiger partial charge in [0.2, 0.25) is 0 Å². The van der Waals surface area contributed by atoms with E-state index in [1.165, 1.54) is 12.1 Å². The molecule has 2 aromatic carbocycles. The SMILES string of the molecule is NNC(=O)c1cc(Cl)c(Cl)c(-c2cc3ccccc3oc2=O)c1. The highest BCUT2D eigenvalue weighted by molar-refractivity contribution is 6.44. The Morgan fingerprint density at radius 3 is 2.57 bits per heavy atom. The summed E-state index contributed by atoms with van der Waals surface area (Å²) < 4.78 is 5.29. The van der Waals surface area contributed by atoms with Crippen LogP contribution in [-0.4, -0.2) is 5.91 Å². The Hall–Kier alpha value is -2.34. The fourth-order valence-corrected chi connectivity index (χ4v) is 2.68. The fraction of sp³-hybridized carbons (Fsp3) is 0. The van der Waals surface area contributed by atoms with Crippen molar-refractivity contribution in [2.75, 3.05) is 0 Å². The molecule has 116 valence electrons. The second-order valence-corrected chi connectivity index (χ2v) is 5.56. The minimum Gasteiger partial charge on any atom is -0.422 e. The molecule has 0 aliphatic carbocycles. The second-order valence-electron chi connectivity index (χ2n) is 4.78. The molecule has 7 heteroatoms. The Morgan fingerprint density at radius 1 is 1.09 bits per heavy atom. The lowest BCUT2D eigenvalue weighted by Gasteiger charge is -2.09. The van der Waals surface area contributed by atoms with E-state index in [2.05, 4.69) is 0 Å². The number of carbonyl (C=O) groups excluding carboxylic acids is 1. The summed E-state index contributed by atoms with van der Waals surface area (Å²) >= 11 is 12.3. The van der Waals surface area contributed by atoms with Gasteiger partial charge in [0.15, 0.2) is 0 Å². The number of benzene rings is 2. The number of hydrogen-bond acceptors (Lipinski definition) is 4. The third kappa shape index (κ3) is 2.82. The maximum atomic E-state index is 12.3. The Morgan fingerprint density at radius 2 is 1.83 bits per heavy atom. The van der Waals surface area contributed by atoms with Crippen molar-refractivity contribution < 1.29 is 9.21 Å². The molecule has 1 amide bonds. The summed E-state index contributed by atoms with van der Waals surface area (Å²) in [6, 6.07) is 11.5. The number of amides is 1. The quantitative estimate of drug-likeness (QED) is 0.321. The van der Waals surface area contributed by atoms with Crippen LogP contribution in [0.25, 0.3) is 22.1 Å². The smallest absolute Gasteiger partial charge is 0.344 e. The molecule has 0 aliphatic heterocycles. The first-order valence-electron chi connectivity index (χ1n) is 6.54. The van der Waals surface area contributed by atoms with Gasteiger partial charge in [0.05, 0.1) is 15.6 Å². The zero-order valence-corrected chi connectivity index (χ0v) is 13.1. The summed E-state index contributed by atoms with van der Waals surface area (Å²) in [4.78, 5) is 24.0. The molecule has 1 aromatic heterocycles. The zero-order valence-electron chi connectivity index (χ0n) is 11.6. The van der Waals surface area contributed by atoms with Gasteiger partial charge >= 0.3 is 5.63 Å². The number of nitrogens with one attached hydrogen (secondary N) is 1. The summed E-state index contributed by atoms with van der Waals surface area (Å²) in [5.41, 5.74) is 2.59. The first kappa shape index (κ1) is 15.6. The molecular formula is C16H10Cl2N2O3. The number of nitrogens with two attached hydrogens (primary N) is 1. The number of fused-ring (bicyclic) bond motifs is 1. The van der Waals surface area contributed by atoms with Gasteiger partial charge in [-0.3, -0.25) is 10.2 Å². The van der Waals surface area contributed by atoms with Crippen LogP contribution in [0.3, 0.4) is 0 Å². The van der Waals surface area contributed by atoms with E-state index in [1.54, 1.807) is 24.3 Å². The van der Waals surface area contributed by atoms with E-state index in [0.29, 0.717) is 11.1 Å². The number of hydrogen-bond donors (Lipinski definition) is 2.